The predicted molar refractivity (Wildman–Crippen MR) is 85.2 cm³/mol. The second-order valence-corrected chi connectivity index (χ2v) is 7.20. The number of hydrogen-bond donors (Lipinski definition) is 1. The van der Waals surface area contributed by atoms with Gasteiger partial charge in [-0.25, -0.2) is 0 Å². The molecular formula is C17H31N3O. The van der Waals surface area contributed by atoms with Gasteiger partial charge in [0.2, 0.25) is 5.91 Å². The average molecular weight is 293 g/mol. The molecule has 120 valence electrons. The first-order valence-corrected chi connectivity index (χ1v) is 8.94. The molecule has 2 bridgehead atoms. The smallest absolute Gasteiger partial charge is 0.239 e. The van der Waals surface area contributed by atoms with Crippen LogP contribution in [-0.4, -0.2) is 60.0 Å². The first-order valence-electron chi connectivity index (χ1n) is 8.94. The van der Waals surface area contributed by atoms with E-state index in [9.17, 15) is 4.79 Å². The van der Waals surface area contributed by atoms with E-state index in [1.807, 2.05) is 0 Å². The first-order chi connectivity index (χ1) is 10.2. The van der Waals surface area contributed by atoms with E-state index in [2.05, 4.69) is 29.1 Å². The Morgan fingerprint density at radius 3 is 2.24 bits per heavy atom. The maximum Gasteiger partial charge on any atom is 0.239 e. The molecule has 1 amide bonds. The zero-order valence-electron chi connectivity index (χ0n) is 13.7. The Morgan fingerprint density at radius 1 is 1.05 bits per heavy atom. The summed E-state index contributed by atoms with van der Waals surface area (Å²) < 4.78 is 0. The van der Waals surface area contributed by atoms with Gasteiger partial charge in [0.1, 0.15) is 0 Å². The molecule has 0 spiro atoms. The minimum absolute atomic E-state index is 0.0798. The highest BCUT2D eigenvalue weighted by atomic mass is 16.2. The fourth-order valence-corrected chi connectivity index (χ4v) is 4.79. The predicted octanol–water partition coefficient (Wildman–Crippen LogP) is 1.99. The van der Waals surface area contributed by atoms with Gasteiger partial charge in [-0.3, -0.25) is 9.69 Å². The molecule has 0 aromatic heterocycles. The van der Waals surface area contributed by atoms with Gasteiger partial charge in [-0.1, -0.05) is 6.42 Å². The quantitative estimate of drug-likeness (QED) is 0.864. The van der Waals surface area contributed by atoms with Gasteiger partial charge < -0.3 is 10.2 Å². The second-order valence-electron chi connectivity index (χ2n) is 7.20. The van der Waals surface area contributed by atoms with Crippen LogP contribution >= 0.6 is 0 Å². The van der Waals surface area contributed by atoms with Crippen molar-refractivity contribution in [2.75, 3.05) is 20.1 Å². The minimum atomic E-state index is 0.0798. The number of carbonyl (C=O) groups is 1. The molecule has 3 atom stereocenters. The van der Waals surface area contributed by atoms with Crippen molar-refractivity contribution in [2.45, 2.75) is 82.5 Å². The van der Waals surface area contributed by atoms with Crippen molar-refractivity contribution >= 4 is 5.91 Å². The monoisotopic (exact) mass is 293 g/mol. The number of piperidine rings is 3. The largest absolute Gasteiger partial charge is 0.341 e. The van der Waals surface area contributed by atoms with Crippen LogP contribution in [0.3, 0.4) is 0 Å². The molecule has 1 N–H and O–H groups in total. The third-order valence-electron chi connectivity index (χ3n) is 5.91. The van der Waals surface area contributed by atoms with Crippen LogP contribution in [0.15, 0.2) is 0 Å². The van der Waals surface area contributed by atoms with Gasteiger partial charge >= 0.3 is 0 Å². The van der Waals surface area contributed by atoms with Gasteiger partial charge in [0.25, 0.3) is 0 Å². The molecule has 4 nitrogen and oxygen atoms in total. The second kappa shape index (κ2) is 6.66. The van der Waals surface area contributed by atoms with Gasteiger partial charge in [0.05, 0.1) is 6.04 Å². The van der Waals surface area contributed by atoms with Crippen LogP contribution in [0.25, 0.3) is 0 Å². The molecule has 0 aliphatic carbocycles. The van der Waals surface area contributed by atoms with Crippen LogP contribution in [0.5, 0.6) is 0 Å². The van der Waals surface area contributed by atoms with Crippen molar-refractivity contribution in [2.24, 2.45) is 0 Å². The molecule has 3 unspecified atom stereocenters. The van der Waals surface area contributed by atoms with Crippen LogP contribution < -0.4 is 5.32 Å². The molecular weight excluding hydrogens is 262 g/mol. The lowest BCUT2D eigenvalue weighted by atomic mass is 9.80. The average Bonchev–Trinajstić information content (AvgIpc) is 2.53. The van der Waals surface area contributed by atoms with Gasteiger partial charge in [0.15, 0.2) is 0 Å². The molecule has 0 aromatic rings. The maximum absolute atomic E-state index is 12.8. The van der Waals surface area contributed by atoms with Crippen LogP contribution in [0.4, 0.5) is 0 Å². The van der Waals surface area contributed by atoms with Gasteiger partial charge in [-0.2, -0.15) is 0 Å². The number of likely N-dealkylation sites (tertiary alicyclic amines) is 1. The van der Waals surface area contributed by atoms with Crippen LogP contribution in [0.1, 0.15) is 58.3 Å². The van der Waals surface area contributed by atoms with Crippen molar-refractivity contribution in [3.63, 3.8) is 0 Å². The third kappa shape index (κ3) is 3.11. The first kappa shape index (κ1) is 15.3. The summed E-state index contributed by atoms with van der Waals surface area (Å²) in [6.45, 7) is 4.11. The Hall–Kier alpha value is -0.610. The SMILES string of the molecule is CNC1CC2CCCC(C1)N2C(C)C(=O)N1CCCCC1. The van der Waals surface area contributed by atoms with Crippen molar-refractivity contribution < 1.29 is 4.79 Å². The van der Waals surface area contributed by atoms with Gasteiger partial charge in [-0.05, 0) is 58.9 Å². The Labute approximate surface area is 129 Å². The summed E-state index contributed by atoms with van der Waals surface area (Å²) in [6.07, 6.45) is 9.97. The van der Waals surface area contributed by atoms with E-state index in [-0.39, 0.29) is 6.04 Å². The minimum Gasteiger partial charge on any atom is -0.341 e. The molecule has 3 fully saturated rings. The number of nitrogens with zero attached hydrogens (tertiary/aromatic N) is 2. The molecule has 4 heteroatoms. The van der Waals surface area contributed by atoms with Crippen molar-refractivity contribution in [1.82, 2.24) is 15.1 Å². The highest BCUT2D eigenvalue weighted by Crippen LogP contribution is 2.36. The summed E-state index contributed by atoms with van der Waals surface area (Å²) in [5.74, 6) is 0.384. The van der Waals surface area contributed by atoms with E-state index in [4.69, 9.17) is 0 Å². The third-order valence-corrected chi connectivity index (χ3v) is 5.91. The standard InChI is InChI=1S/C17H31N3O/c1-13(17(21)19-9-4-3-5-10-19)20-15-7-6-8-16(20)12-14(11-15)18-2/h13-16,18H,3-12H2,1-2H3. The molecule has 0 saturated carbocycles. The lowest BCUT2D eigenvalue weighted by molar-refractivity contribution is -0.142. The van der Waals surface area contributed by atoms with Crippen molar-refractivity contribution in [3.05, 3.63) is 0 Å². The molecule has 3 saturated heterocycles. The van der Waals surface area contributed by atoms with Crippen LogP contribution in [-0.2, 0) is 4.79 Å². The highest BCUT2D eigenvalue weighted by Gasteiger charge is 2.42. The Bertz CT molecular complexity index is 353. The van der Waals surface area contributed by atoms with Crippen LogP contribution in [0, 0.1) is 0 Å². The Kier molecular flexibility index (Phi) is 4.85. The zero-order chi connectivity index (χ0) is 14.8. The number of amides is 1. The molecule has 21 heavy (non-hydrogen) atoms. The summed E-state index contributed by atoms with van der Waals surface area (Å²) in [4.78, 5) is 17.5. The van der Waals surface area contributed by atoms with Gasteiger partial charge in [-0.15, -0.1) is 0 Å². The summed E-state index contributed by atoms with van der Waals surface area (Å²) >= 11 is 0. The Morgan fingerprint density at radius 2 is 1.67 bits per heavy atom. The number of nitrogens with one attached hydrogen (secondary N) is 1. The van der Waals surface area contributed by atoms with Crippen molar-refractivity contribution in [3.8, 4) is 0 Å². The number of fused-ring (bicyclic) bond motifs is 2. The van der Waals surface area contributed by atoms with Gasteiger partial charge in [0, 0.05) is 31.2 Å². The summed E-state index contributed by atoms with van der Waals surface area (Å²) in [7, 11) is 2.08. The molecule has 3 aliphatic heterocycles. The summed E-state index contributed by atoms with van der Waals surface area (Å²) in [6, 6.07) is 1.95. The zero-order valence-corrected chi connectivity index (χ0v) is 13.7. The number of rotatable bonds is 3. The fraction of sp³-hybridized carbons (Fsp3) is 0.941. The molecule has 3 rings (SSSR count). The van der Waals surface area contributed by atoms with Crippen LogP contribution in [0.2, 0.25) is 0 Å². The van der Waals surface area contributed by atoms with E-state index >= 15 is 0 Å². The topological polar surface area (TPSA) is 35.6 Å². The molecule has 0 aromatic carbocycles. The number of carbonyl (C=O) groups excluding carboxylic acids is 1. The fourth-order valence-electron chi connectivity index (χ4n) is 4.79. The van der Waals surface area contributed by atoms with E-state index in [1.165, 1.54) is 51.4 Å². The van der Waals surface area contributed by atoms with E-state index in [0.717, 1.165) is 13.1 Å². The van der Waals surface area contributed by atoms with E-state index < -0.39 is 0 Å². The summed E-state index contributed by atoms with van der Waals surface area (Å²) in [5, 5.41) is 3.46. The summed E-state index contributed by atoms with van der Waals surface area (Å²) in [5.41, 5.74) is 0. The number of hydrogen-bond acceptors (Lipinski definition) is 3. The maximum atomic E-state index is 12.8. The normalized spacial score (nSPS) is 35.5. The highest BCUT2D eigenvalue weighted by molar-refractivity contribution is 5.81. The molecule has 3 heterocycles. The lowest BCUT2D eigenvalue weighted by Gasteiger charge is -2.51. The van der Waals surface area contributed by atoms with Crippen molar-refractivity contribution in [1.29, 1.82) is 0 Å². The molecule has 3 aliphatic rings. The Balaban J connectivity index is 1.68. The van der Waals surface area contributed by atoms with E-state index in [1.54, 1.807) is 0 Å². The van der Waals surface area contributed by atoms with E-state index in [0.29, 0.717) is 24.0 Å². The lowest BCUT2D eigenvalue weighted by Crippen LogP contribution is -2.62. The molecule has 0 radical (unpaired) electrons.